The Morgan fingerprint density at radius 1 is 0.941 bits per heavy atom. The third-order valence-corrected chi connectivity index (χ3v) is 2.00. The lowest BCUT2D eigenvalue weighted by Gasteiger charge is -2.03. The number of amides is 2. The molecule has 0 heterocycles. The van der Waals surface area contributed by atoms with E-state index in [1.165, 1.54) is 19.3 Å². The van der Waals surface area contributed by atoms with E-state index in [-0.39, 0.29) is 5.97 Å². The van der Waals surface area contributed by atoms with Crippen molar-refractivity contribution in [1.82, 2.24) is 0 Å². The SMILES string of the molecule is CCCCCCOC(=O)CCCC.NC(N)=O. The van der Waals surface area contributed by atoms with Gasteiger partial charge in [-0.25, -0.2) is 4.79 Å². The molecule has 0 rings (SSSR count). The average Bonchev–Trinajstić information content (AvgIpc) is 2.25. The first-order valence-electron chi connectivity index (χ1n) is 6.25. The molecule has 5 nitrogen and oxygen atoms in total. The zero-order valence-electron chi connectivity index (χ0n) is 11.0. The van der Waals surface area contributed by atoms with Crippen LogP contribution >= 0.6 is 0 Å². The fourth-order valence-electron chi connectivity index (χ4n) is 1.11. The van der Waals surface area contributed by atoms with Crippen molar-refractivity contribution in [2.24, 2.45) is 11.5 Å². The van der Waals surface area contributed by atoms with Gasteiger partial charge in [-0.3, -0.25) is 4.79 Å². The van der Waals surface area contributed by atoms with Gasteiger partial charge in [-0.05, 0) is 12.8 Å². The van der Waals surface area contributed by atoms with Crippen LogP contribution in [-0.2, 0) is 9.53 Å². The molecule has 0 bridgehead atoms. The molecule has 0 fully saturated rings. The zero-order valence-corrected chi connectivity index (χ0v) is 11.0. The van der Waals surface area contributed by atoms with Crippen molar-refractivity contribution in [1.29, 1.82) is 0 Å². The van der Waals surface area contributed by atoms with Crippen LogP contribution in [0.1, 0.15) is 58.8 Å². The molecule has 0 saturated heterocycles. The van der Waals surface area contributed by atoms with Gasteiger partial charge in [0.15, 0.2) is 0 Å². The van der Waals surface area contributed by atoms with Crippen molar-refractivity contribution < 1.29 is 14.3 Å². The summed E-state index contributed by atoms with van der Waals surface area (Å²) in [7, 11) is 0. The maximum Gasteiger partial charge on any atom is 0.309 e. The van der Waals surface area contributed by atoms with Crippen molar-refractivity contribution in [3.8, 4) is 0 Å². The quantitative estimate of drug-likeness (QED) is 0.508. The lowest BCUT2D eigenvalue weighted by molar-refractivity contribution is -0.143. The summed E-state index contributed by atoms with van der Waals surface area (Å²) >= 11 is 0. The molecule has 0 atom stereocenters. The lowest BCUT2D eigenvalue weighted by atomic mass is 10.2. The molecule has 2 amide bonds. The lowest BCUT2D eigenvalue weighted by Crippen LogP contribution is -2.18. The molecule has 0 aromatic rings. The second kappa shape index (κ2) is 14.7. The van der Waals surface area contributed by atoms with Crippen LogP contribution in [0.4, 0.5) is 4.79 Å². The molecule has 0 aliphatic heterocycles. The molecule has 102 valence electrons. The topological polar surface area (TPSA) is 95.4 Å². The Morgan fingerprint density at radius 3 is 1.94 bits per heavy atom. The first kappa shape index (κ1) is 18.1. The Kier molecular flexibility index (Phi) is 15.7. The molecule has 17 heavy (non-hydrogen) atoms. The number of rotatable bonds is 8. The summed E-state index contributed by atoms with van der Waals surface area (Å²) in [6.07, 6.45) is 7.27. The zero-order chi connectivity index (χ0) is 13.5. The van der Waals surface area contributed by atoms with Gasteiger partial charge in [-0.15, -0.1) is 0 Å². The Hall–Kier alpha value is -1.26. The van der Waals surface area contributed by atoms with E-state index in [0.717, 1.165) is 19.3 Å². The van der Waals surface area contributed by atoms with Gasteiger partial charge in [-0.2, -0.15) is 0 Å². The van der Waals surface area contributed by atoms with Gasteiger partial charge < -0.3 is 16.2 Å². The maximum atomic E-state index is 11.0. The van der Waals surface area contributed by atoms with Crippen LogP contribution in [-0.4, -0.2) is 18.6 Å². The van der Waals surface area contributed by atoms with Crippen LogP contribution in [0.3, 0.4) is 0 Å². The number of ether oxygens (including phenoxy) is 1. The number of nitrogens with two attached hydrogens (primary N) is 2. The number of unbranched alkanes of at least 4 members (excludes halogenated alkanes) is 4. The van der Waals surface area contributed by atoms with Crippen molar-refractivity contribution in [3.63, 3.8) is 0 Å². The molecule has 0 saturated carbocycles. The Balaban J connectivity index is 0. The number of primary amides is 2. The van der Waals surface area contributed by atoms with E-state index in [1.807, 2.05) is 0 Å². The van der Waals surface area contributed by atoms with Crippen LogP contribution in [0.5, 0.6) is 0 Å². The van der Waals surface area contributed by atoms with Gasteiger partial charge >= 0.3 is 12.0 Å². The molecule has 0 aromatic heterocycles. The minimum Gasteiger partial charge on any atom is -0.466 e. The molecular weight excluding hydrogens is 220 g/mol. The summed E-state index contributed by atoms with van der Waals surface area (Å²) in [4.78, 5) is 20.0. The highest BCUT2D eigenvalue weighted by molar-refractivity contribution is 5.69. The number of urea groups is 1. The number of hydrogen-bond donors (Lipinski definition) is 2. The van der Waals surface area contributed by atoms with Gasteiger partial charge in [0.05, 0.1) is 6.61 Å². The first-order chi connectivity index (χ1) is 8.04. The van der Waals surface area contributed by atoms with Crippen molar-refractivity contribution >= 4 is 12.0 Å². The van der Waals surface area contributed by atoms with Crippen LogP contribution in [0.15, 0.2) is 0 Å². The standard InChI is InChI=1S/C11H22O2.CH4N2O/c1-3-5-7-8-10-13-11(12)9-6-4-2;2-1(3)4/h3-10H2,1-2H3;(H4,2,3,4). The number of carbonyl (C=O) groups is 2. The third-order valence-electron chi connectivity index (χ3n) is 2.00. The molecular formula is C12H26N2O3. The second-order valence-electron chi connectivity index (χ2n) is 3.79. The minimum absolute atomic E-state index is 0.0293. The predicted molar refractivity (Wildman–Crippen MR) is 68.4 cm³/mol. The monoisotopic (exact) mass is 246 g/mol. The highest BCUT2D eigenvalue weighted by atomic mass is 16.5. The van der Waals surface area contributed by atoms with E-state index >= 15 is 0 Å². The summed E-state index contributed by atoms with van der Waals surface area (Å²) < 4.78 is 5.05. The highest BCUT2D eigenvalue weighted by Gasteiger charge is 2.00. The Labute approximate surface area is 104 Å². The van der Waals surface area contributed by atoms with Gasteiger partial charge in [-0.1, -0.05) is 39.5 Å². The number of esters is 1. The molecule has 0 spiro atoms. The van der Waals surface area contributed by atoms with Gasteiger partial charge in [0.1, 0.15) is 0 Å². The smallest absolute Gasteiger partial charge is 0.309 e. The summed E-state index contributed by atoms with van der Waals surface area (Å²) in [5.74, 6) is -0.0293. The van der Waals surface area contributed by atoms with Crippen molar-refractivity contribution in [2.45, 2.75) is 58.8 Å². The van der Waals surface area contributed by atoms with Gasteiger partial charge in [0.2, 0.25) is 0 Å². The van der Waals surface area contributed by atoms with Crippen LogP contribution in [0.2, 0.25) is 0 Å². The Morgan fingerprint density at radius 2 is 1.47 bits per heavy atom. The number of carbonyl (C=O) groups excluding carboxylic acids is 2. The van der Waals surface area contributed by atoms with E-state index in [1.54, 1.807) is 0 Å². The Bertz CT molecular complexity index is 192. The average molecular weight is 246 g/mol. The molecule has 5 heteroatoms. The number of hydrogen-bond acceptors (Lipinski definition) is 3. The highest BCUT2D eigenvalue weighted by Crippen LogP contribution is 2.01. The normalized spacial score (nSPS) is 9.06. The molecule has 0 aliphatic rings. The fraction of sp³-hybridized carbons (Fsp3) is 0.833. The second-order valence-corrected chi connectivity index (χ2v) is 3.79. The minimum atomic E-state index is -0.833. The van der Waals surface area contributed by atoms with Crippen LogP contribution < -0.4 is 11.5 Å². The van der Waals surface area contributed by atoms with Crippen LogP contribution in [0.25, 0.3) is 0 Å². The van der Waals surface area contributed by atoms with E-state index in [0.29, 0.717) is 13.0 Å². The van der Waals surface area contributed by atoms with E-state index in [2.05, 4.69) is 25.3 Å². The summed E-state index contributed by atoms with van der Waals surface area (Å²) in [5, 5.41) is 0. The summed E-state index contributed by atoms with van der Waals surface area (Å²) in [5.41, 5.74) is 8.50. The molecule has 0 aromatic carbocycles. The van der Waals surface area contributed by atoms with Crippen molar-refractivity contribution in [2.75, 3.05) is 6.61 Å². The van der Waals surface area contributed by atoms with E-state index in [9.17, 15) is 4.79 Å². The van der Waals surface area contributed by atoms with Crippen molar-refractivity contribution in [3.05, 3.63) is 0 Å². The molecule has 0 aliphatic carbocycles. The summed E-state index contributed by atoms with van der Waals surface area (Å²) in [6.45, 7) is 4.87. The molecule has 0 unspecified atom stereocenters. The molecule has 4 N–H and O–H groups in total. The van der Waals surface area contributed by atoms with Gasteiger partial charge in [0, 0.05) is 6.42 Å². The van der Waals surface area contributed by atoms with Gasteiger partial charge in [0.25, 0.3) is 0 Å². The predicted octanol–water partition coefficient (Wildman–Crippen LogP) is 2.32. The summed E-state index contributed by atoms with van der Waals surface area (Å²) in [6, 6.07) is -0.833. The van der Waals surface area contributed by atoms with E-state index < -0.39 is 6.03 Å². The fourth-order valence-corrected chi connectivity index (χ4v) is 1.11. The van der Waals surface area contributed by atoms with Crippen LogP contribution in [0, 0.1) is 0 Å². The third kappa shape index (κ3) is 25.2. The van der Waals surface area contributed by atoms with E-state index in [4.69, 9.17) is 9.53 Å². The largest absolute Gasteiger partial charge is 0.466 e. The molecule has 0 radical (unpaired) electrons. The first-order valence-corrected chi connectivity index (χ1v) is 6.25. The maximum absolute atomic E-state index is 11.0.